The van der Waals surface area contributed by atoms with E-state index >= 15 is 0 Å². The second-order valence-electron chi connectivity index (χ2n) is 5.16. The summed E-state index contributed by atoms with van der Waals surface area (Å²) in [5.41, 5.74) is 2.00. The number of hydrogen-bond donors (Lipinski definition) is 1. The van der Waals surface area contributed by atoms with Crippen molar-refractivity contribution in [1.82, 2.24) is 14.9 Å². The number of methoxy groups -OCH3 is 1. The van der Waals surface area contributed by atoms with Crippen LogP contribution >= 0.6 is 11.5 Å². The molecule has 0 radical (unpaired) electrons. The molecule has 2 rings (SSSR count). The van der Waals surface area contributed by atoms with Gasteiger partial charge in [0.2, 0.25) is 0 Å². The minimum Gasteiger partial charge on any atom is -0.497 e. The Labute approximate surface area is 134 Å². The number of aromatic nitrogens is 2. The largest absolute Gasteiger partial charge is 0.497 e. The zero-order valence-corrected chi connectivity index (χ0v) is 13.9. The van der Waals surface area contributed by atoms with Gasteiger partial charge >= 0.3 is 0 Å². The SMILES string of the molecule is CCc1nnsc1C(=O)NC(C)CCc1ccc(OC)cc1. The standard InChI is InChI=1S/C16H21N3O2S/c1-4-14-15(22-19-18-14)16(20)17-11(2)5-6-12-7-9-13(21-3)10-8-12/h7-11H,4-6H2,1-3H3,(H,17,20). The monoisotopic (exact) mass is 319 g/mol. The quantitative estimate of drug-likeness (QED) is 0.852. The summed E-state index contributed by atoms with van der Waals surface area (Å²) in [6, 6.07) is 8.11. The number of nitrogens with one attached hydrogen (secondary N) is 1. The third kappa shape index (κ3) is 4.27. The minimum absolute atomic E-state index is 0.0749. The van der Waals surface area contributed by atoms with E-state index in [1.807, 2.05) is 26.0 Å². The van der Waals surface area contributed by atoms with Gasteiger partial charge in [0, 0.05) is 6.04 Å². The zero-order chi connectivity index (χ0) is 15.9. The molecule has 0 bridgehead atoms. The van der Waals surface area contributed by atoms with Gasteiger partial charge in [-0.15, -0.1) is 5.10 Å². The van der Waals surface area contributed by atoms with Gasteiger partial charge in [0.05, 0.1) is 12.8 Å². The first-order chi connectivity index (χ1) is 10.6. The lowest BCUT2D eigenvalue weighted by molar-refractivity contribution is 0.0941. The third-order valence-corrected chi connectivity index (χ3v) is 4.27. The van der Waals surface area contributed by atoms with Crippen LogP contribution in [0.2, 0.25) is 0 Å². The summed E-state index contributed by atoms with van der Waals surface area (Å²) in [6.07, 6.45) is 2.51. The number of benzene rings is 1. The van der Waals surface area contributed by atoms with E-state index in [9.17, 15) is 4.79 Å². The molecule has 1 unspecified atom stereocenters. The Kier molecular flexibility index (Phi) is 5.89. The molecule has 0 fully saturated rings. The first-order valence-electron chi connectivity index (χ1n) is 7.39. The van der Waals surface area contributed by atoms with Crippen LogP contribution in [0.3, 0.4) is 0 Å². The molecular weight excluding hydrogens is 298 g/mol. The van der Waals surface area contributed by atoms with Crippen LogP contribution in [0.25, 0.3) is 0 Å². The number of rotatable bonds is 7. The minimum atomic E-state index is -0.0749. The molecule has 5 nitrogen and oxygen atoms in total. The topological polar surface area (TPSA) is 64.1 Å². The van der Waals surface area contributed by atoms with E-state index in [0.717, 1.165) is 42.2 Å². The number of ether oxygens (including phenoxy) is 1. The Balaban J connectivity index is 1.84. The first-order valence-corrected chi connectivity index (χ1v) is 8.16. The normalized spacial score (nSPS) is 12.0. The molecule has 1 amide bonds. The molecular formula is C16H21N3O2S. The average Bonchev–Trinajstić information content (AvgIpc) is 3.02. The Morgan fingerprint density at radius 2 is 2.09 bits per heavy atom. The highest BCUT2D eigenvalue weighted by Crippen LogP contribution is 2.14. The molecule has 118 valence electrons. The molecule has 1 aromatic heterocycles. The van der Waals surface area contributed by atoms with Crippen molar-refractivity contribution < 1.29 is 9.53 Å². The van der Waals surface area contributed by atoms with E-state index in [0.29, 0.717) is 4.88 Å². The lowest BCUT2D eigenvalue weighted by Crippen LogP contribution is -2.32. The Morgan fingerprint density at radius 1 is 1.36 bits per heavy atom. The summed E-state index contributed by atoms with van der Waals surface area (Å²) >= 11 is 1.16. The third-order valence-electron chi connectivity index (χ3n) is 3.50. The summed E-state index contributed by atoms with van der Waals surface area (Å²) in [6.45, 7) is 3.99. The maximum Gasteiger partial charge on any atom is 0.265 e. The first kappa shape index (κ1) is 16.4. The van der Waals surface area contributed by atoms with Crippen molar-refractivity contribution in [3.05, 3.63) is 40.4 Å². The molecule has 0 saturated heterocycles. The van der Waals surface area contributed by atoms with E-state index in [1.54, 1.807) is 7.11 Å². The summed E-state index contributed by atoms with van der Waals surface area (Å²) in [7, 11) is 1.66. The molecule has 0 saturated carbocycles. The Hall–Kier alpha value is -1.95. The van der Waals surface area contributed by atoms with Gasteiger partial charge in [0.15, 0.2) is 0 Å². The van der Waals surface area contributed by atoms with Gasteiger partial charge in [-0.05, 0) is 55.4 Å². The van der Waals surface area contributed by atoms with Gasteiger partial charge in [-0.2, -0.15) is 0 Å². The highest BCUT2D eigenvalue weighted by atomic mass is 32.1. The van der Waals surface area contributed by atoms with Crippen LogP contribution in [0.15, 0.2) is 24.3 Å². The number of carbonyl (C=O) groups is 1. The molecule has 0 aliphatic carbocycles. The summed E-state index contributed by atoms with van der Waals surface area (Å²) in [5, 5.41) is 6.99. The second-order valence-corrected chi connectivity index (χ2v) is 5.92. The molecule has 22 heavy (non-hydrogen) atoms. The fourth-order valence-electron chi connectivity index (χ4n) is 2.15. The summed E-state index contributed by atoms with van der Waals surface area (Å²) in [5.74, 6) is 0.781. The smallest absolute Gasteiger partial charge is 0.265 e. The molecule has 1 atom stereocenters. The number of nitrogens with zero attached hydrogens (tertiary/aromatic N) is 2. The highest BCUT2D eigenvalue weighted by molar-refractivity contribution is 7.08. The lowest BCUT2D eigenvalue weighted by Gasteiger charge is -2.13. The van der Waals surface area contributed by atoms with Crippen molar-refractivity contribution in [2.75, 3.05) is 7.11 Å². The predicted molar refractivity (Wildman–Crippen MR) is 87.5 cm³/mol. The second kappa shape index (κ2) is 7.89. The van der Waals surface area contributed by atoms with Crippen molar-refractivity contribution in [3.63, 3.8) is 0 Å². The number of aryl methyl sites for hydroxylation is 2. The van der Waals surface area contributed by atoms with Crippen LogP contribution in [0.4, 0.5) is 0 Å². The Bertz CT molecular complexity index is 610. The van der Waals surface area contributed by atoms with E-state index in [-0.39, 0.29) is 11.9 Å². The molecule has 1 aromatic carbocycles. The predicted octanol–water partition coefficient (Wildman–Crippen LogP) is 2.86. The molecule has 6 heteroatoms. The van der Waals surface area contributed by atoms with Crippen LogP contribution in [0, 0.1) is 0 Å². The summed E-state index contributed by atoms with van der Waals surface area (Å²) in [4.78, 5) is 12.8. The number of hydrogen-bond acceptors (Lipinski definition) is 5. The van der Waals surface area contributed by atoms with Gasteiger partial charge < -0.3 is 10.1 Å². The molecule has 1 N–H and O–H groups in total. The number of carbonyl (C=O) groups excluding carboxylic acids is 1. The van der Waals surface area contributed by atoms with Crippen LogP contribution in [0.1, 0.15) is 41.2 Å². The van der Waals surface area contributed by atoms with E-state index in [4.69, 9.17) is 4.74 Å². The van der Waals surface area contributed by atoms with Gasteiger partial charge in [-0.25, -0.2) is 0 Å². The molecule has 0 aliphatic heterocycles. The molecule has 0 spiro atoms. The van der Waals surface area contributed by atoms with Crippen molar-refractivity contribution in [3.8, 4) is 5.75 Å². The van der Waals surface area contributed by atoms with Gasteiger partial charge in [0.25, 0.3) is 5.91 Å². The highest BCUT2D eigenvalue weighted by Gasteiger charge is 2.16. The Morgan fingerprint density at radius 3 is 2.73 bits per heavy atom. The van der Waals surface area contributed by atoms with Crippen molar-refractivity contribution in [2.45, 2.75) is 39.2 Å². The van der Waals surface area contributed by atoms with E-state index < -0.39 is 0 Å². The maximum absolute atomic E-state index is 12.2. The average molecular weight is 319 g/mol. The van der Waals surface area contributed by atoms with Crippen molar-refractivity contribution in [2.24, 2.45) is 0 Å². The number of amides is 1. The maximum atomic E-state index is 12.2. The van der Waals surface area contributed by atoms with Crippen LogP contribution in [-0.2, 0) is 12.8 Å². The zero-order valence-electron chi connectivity index (χ0n) is 13.1. The summed E-state index contributed by atoms with van der Waals surface area (Å²) < 4.78 is 8.99. The van der Waals surface area contributed by atoms with Gasteiger partial charge in [0.1, 0.15) is 10.6 Å². The van der Waals surface area contributed by atoms with Gasteiger partial charge in [-0.1, -0.05) is 23.5 Å². The fraction of sp³-hybridized carbons (Fsp3) is 0.438. The van der Waals surface area contributed by atoms with Crippen LogP contribution in [0.5, 0.6) is 5.75 Å². The van der Waals surface area contributed by atoms with E-state index in [1.165, 1.54) is 5.56 Å². The fourth-order valence-corrected chi connectivity index (χ4v) is 2.80. The molecule has 0 aliphatic rings. The molecule has 2 aromatic rings. The van der Waals surface area contributed by atoms with Crippen LogP contribution in [-0.4, -0.2) is 28.6 Å². The molecule has 1 heterocycles. The van der Waals surface area contributed by atoms with Crippen molar-refractivity contribution >= 4 is 17.4 Å². The van der Waals surface area contributed by atoms with Crippen LogP contribution < -0.4 is 10.1 Å². The lowest BCUT2D eigenvalue weighted by atomic mass is 10.1. The van der Waals surface area contributed by atoms with Gasteiger partial charge in [-0.3, -0.25) is 4.79 Å². The van der Waals surface area contributed by atoms with E-state index in [2.05, 4.69) is 27.0 Å². The van der Waals surface area contributed by atoms with Crippen molar-refractivity contribution in [1.29, 1.82) is 0 Å².